The molecular weight excluding hydrogens is 299 g/mol. The predicted molar refractivity (Wildman–Crippen MR) is 80.0 cm³/mol. The minimum absolute atomic E-state index is 0.0519. The second-order valence-electron chi connectivity index (χ2n) is 4.87. The summed E-state index contributed by atoms with van der Waals surface area (Å²) >= 11 is 0. The third kappa shape index (κ3) is 3.42. The van der Waals surface area contributed by atoms with Crippen LogP contribution in [-0.4, -0.2) is 16.2 Å². The van der Waals surface area contributed by atoms with Crippen molar-refractivity contribution in [1.82, 2.24) is 10.2 Å². The van der Waals surface area contributed by atoms with Crippen LogP contribution in [0.15, 0.2) is 52.9 Å². The number of ether oxygens (including phenoxy) is 1. The summed E-state index contributed by atoms with van der Waals surface area (Å²) in [5.41, 5.74) is 1.54. The van der Waals surface area contributed by atoms with Gasteiger partial charge in [-0.1, -0.05) is 24.3 Å². The molecule has 0 atom stereocenters. The summed E-state index contributed by atoms with van der Waals surface area (Å²) in [6.45, 7) is 1.72. The lowest BCUT2D eigenvalue weighted by atomic mass is 10.1. The Morgan fingerprint density at radius 2 is 1.87 bits per heavy atom. The topological polar surface area (TPSA) is 65.2 Å². The smallest absolute Gasteiger partial charge is 0.339 e. The van der Waals surface area contributed by atoms with Crippen molar-refractivity contribution in [2.45, 2.75) is 13.5 Å². The molecule has 1 aromatic heterocycles. The highest BCUT2D eigenvalue weighted by molar-refractivity contribution is 5.96. The van der Waals surface area contributed by atoms with Gasteiger partial charge in [0, 0.05) is 6.92 Å². The lowest BCUT2D eigenvalue weighted by molar-refractivity contribution is 0.0473. The van der Waals surface area contributed by atoms with Crippen LogP contribution >= 0.6 is 0 Å². The summed E-state index contributed by atoms with van der Waals surface area (Å²) in [5, 5.41) is 7.68. The molecule has 0 aliphatic rings. The molecule has 3 rings (SSSR count). The third-order valence-electron chi connectivity index (χ3n) is 3.19. The molecule has 23 heavy (non-hydrogen) atoms. The monoisotopic (exact) mass is 312 g/mol. The minimum Gasteiger partial charge on any atom is -0.457 e. The van der Waals surface area contributed by atoms with Gasteiger partial charge in [0.15, 0.2) is 0 Å². The largest absolute Gasteiger partial charge is 0.457 e. The number of carbonyl (C=O) groups is 1. The molecule has 6 heteroatoms. The number of benzene rings is 2. The lowest BCUT2D eigenvalue weighted by Gasteiger charge is -2.07. The van der Waals surface area contributed by atoms with E-state index in [2.05, 4.69) is 10.2 Å². The number of hydrogen-bond donors (Lipinski definition) is 0. The van der Waals surface area contributed by atoms with E-state index in [0.29, 0.717) is 22.6 Å². The van der Waals surface area contributed by atoms with Gasteiger partial charge in [0.1, 0.15) is 12.4 Å². The first-order valence-electron chi connectivity index (χ1n) is 6.94. The Bertz CT molecular complexity index is 828. The number of rotatable bonds is 4. The first-order valence-corrected chi connectivity index (χ1v) is 6.94. The van der Waals surface area contributed by atoms with Crippen LogP contribution in [-0.2, 0) is 11.3 Å². The Morgan fingerprint density at radius 1 is 1.13 bits per heavy atom. The summed E-state index contributed by atoms with van der Waals surface area (Å²) in [7, 11) is 0. The lowest BCUT2D eigenvalue weighted by Crippen LogP contribution is -2.07. The van der Waals surface area contributed by atoms with Crippen molar-refractivity contribution < 1.29 is 18.3 Å². The molecule has 0 unspecified atom stereocenters. The fourth-order valence-corrected chi connectivity index (χ4v) is 2.06. The molecule has 116 valence electrons. The van der Waals surface area contributed by atoms with Crippen LogP contribution in [0.4, 0.5) is 4.39 Å². The Labute approximate surface area is 131 Å². The van der Waals surface area contributed by atoms with Crippen molar-refractivity contribution in [3.8, 4) is 11.5 Å². The maximum Gasteiger partial charge on any atom is 0.339 e. The van der Waals surface area contributed by atoms with Gasteiger partial charge in [0.05, 0.1) is 11.1 Å². The average molecular weight is 312 g/mol. The maximum atomic E-state index is 12.9. The molecule has 3 aromatic rings. The van der Waals surface area contributed by atoms with Gasteiger partial charge in [-0.05, 0) is 29.8 Å². The number of aryl methyl sites for hydroxylation is 1. The molecule has 0 saturated carbocycles. The zero-order valence-corrected chi connectivity index (χ0v) is 12.3. The van der Waals surface area contributed by atoms with Crippen molar-refractivity contribution in [3.05, 3.63) is 71.4 Å². The fourth-order valence-electron chi connectivity index (χ4n) is 2.06. The molecule has 0 aliphatic carbocycles. The first kappa shape index (κ1) is 14.9. The van der Waals surface area contributed by atoms with Gasteiger partial charge < -0.3 is 9.15 Å². The standard InChI is InChI=1S/C17H13FN2O3/c1-11-19-20-16(23-11)14-4-2-3-5-15(14)17(21)22-10-12-6-8-13(18)9-7-12/h2-9H,10H2,1H3. The molecule has 0 aliphatic heterocycles. The quantitative estimate of drug-likeness (QED) is 0.689. The molecular formula is C17H13FN2O3. The molecule has 5 nitrogen and oxygen atoms in total. The predicted octanol–water partition coefficient (Wildman–Crippen LogP) is 3.54. The first-order chi connectivity index (χ1) is 11.1. The summed E-state index contributed by atoms with van der Waals surface area (Å²) < 4.78 is 23.5. The van der Waals surface area contributed by atoms with E-state index in [0.717, 1.165) is 0 Å². The molecule has 0 fully saturated rings. The van der Waals surface area contributed by atoms with Crippen LogP contribution in [0.2, 0.25) is 0 Å². The van der Waals surface area contributed by atoms with E-state index in [1.54, 1.807) is 43.3 Å². The summed E-state index contributed by atoms with van der Waals surface area (Å²) in [4.78, 5) is 12.3. The van der Waals surface area contributed by atoms with Gasteiger partial charge in [-0.2, -0.15) is 0 Å². The second-order valence-corrected chi connectivity index (χ2v) is 4.87. The van der Waals surface area contributed by atoms with E-state index >= 15 is 0 Å². The van der Waals surface area contributed by atoms with E-state index in [1.807, 2.05) is 0 Å². The van der Waals surface area contributed by atoms with Gasteiger partial charge in [-0.3, -0.25) is 0 Å². The molecule has 0 spiro atoms. The van der Waals surface area contributed by atoms with Gasteiger partial charge in [0.25, 0.3) is 0 Å². The average Bonchev–Trinajstić information content (AvgIpc) is 3.00. The molecule has 0 saturated heterocycles. The number of halogens is 1. The third-order valence-corrected chi connectivity index (χ3v) is 3.19. The van der Waals surface area contributed by atoms with Crippen molar-refractivity contribution >= 4 is 5.97 Å². The van der Waals surface area contributed by atoms with Crippen LogP contribution in [0.3, 0.4) is 0 Å². The Morgan fingerprint density at radius 3 is 2.57 bits per heavy atom. The van der Waals surface area contributed by atoms with Crippen molar-refractivity contribution in [2.75, 3.05) is 0 Å². The highest BCUT2D eigenvalue weighted by Crippen LogP contribution is 2.23. The molecule has 0 radical (unpaired) electrons. The van der Waals surface area contributed by atoms with E-state index in [9.17, 15) is 9.18 Å². The number of nitrogens with zero attached hydrogens (tertiary/aromatic N) is 2. The highest BCUT2D eigenvalue weighted by atomic mass is 19.1. The van der Waals surface area contributed by atoms with E-state index in [-0.39, 0.29) is 18.3 Å². The fraction of sp³-hybridized carbons (Fsp3) is 0.118. The summed E-state index contributed by atoms with van der Waals surface area (Å²) in [6.07, 6.45) is 0. The van der Waals surface area contributed by atoms with Crippen molar-refractivity contribution in [3.63, 3.8) is 0 Å². The van der Waals surface area contributed by atoms with Crippen LogP contribution in [0, 0.1) is 12.7 Å². The van der Waals surface area contributed by atoms with Crippen LogP contribution in [0.1, 0.15) is 21.8 Å². The zero-order valence-electron chi connectivity index (χ0n) is 12.3. The molecule has 0 amide bonds. The van der Waals surface area contributed by atoms with E-state index < -0.39 is 5.97 Å². The molecule has 0 bridgehead atoms. The second kappa shape index (κ2) is 6.39. The Balaban J connectivity index is 1.78. The summed E-state index contributed by atoms with van der Waals surface area (Å²) in [5.74, 6) is -0.177. The van der Waals surface area contributed by atoms with Gasteiger partial charge >= 0.3 is 5.97 Å². The zero-order chi connectivity index (χ0) is 16.2. The number of aromatic nitrogens is 2. The van der Waals surface area contributed by atoms with Crippen LogP contribution in [0.5, 0.6) is 0 Å². The van der Waals surface area contributed by atoms with Crippen molar-refractivity contribution in [1.29, 1.82) is 0 Å². The number of esters is 1. The normalized spacial score (nSPS) is 10.5. The van der Waals surface area contributed by atoms with Crippen LogP contribution in [0.25, 0.3) is 11.5 Å². The number of carbonyl (C=O) groups excluding carboxylic acids is 1. The Kier molecular flexibility index (Phi) is 4.14. The van der Waals surface area contributed by atoms with Crippen LogP contribution < -0.4 is 0 Å². The number of hydrogen-bond acceptors (Lipinski definition) is 5. The maximum absolute atomic E-state index is 12.9. The Hall–Kier alpha value is -3.02. The van der Waals surface area contributed by atoms with E-state index in [4.69, 9.17) is 9.15 Å². The van der Waals surface area contributed by atoms with Gasteiger partial charge in [-0.15, -0.1) is 10.2 Å². The summed E-state index contributed by atoms with van der Waals surface area (Å²) in [6, 6.07) is 12.6. The van der Waals surface area contributed by atoms with Gasteiger partial charge in [-0.25, -0.2) is 9.18 Å². The molecule has 0 N–H and O–H groups in total. The van der Waals surface area contributed by atoms with Gasteiger partial charge in [0.2, 0.25) is 11.8 Å². The molecule has 2 aromatic carbocycles. The highest BCUT2D eigenvalue weighted by Gasteiger charge is 2.17. The van der Waals surface area contributed by atoms with Crippen molar-refractivity contribution in [2.24, 2.45) is 0 Å². The minimum atomic E-state index is -0.513. The van der Waals surface area contributed by atoms with E-state index in [1.165, 1.54) is 12.1 Å². The molecule has 1 heterocycles. The SMILES string of the molecule is Cc1nnc(-c2ccccc2C(=O)OCc2ccc(F)cc2)o1.